The Morgan fingerprint density at radius 2 is 2.03 bits per heavy atom. The number of benzene rings is 1. The number of fused-ring (bicyclic) bond motifs is 3. The number of rotatable bonds is 8. The maximum atomic E-state index is 13.4. The topological polar surface area (TPSA) is 89.1 Å². The fourth-order valence-electron chi connectivity index (χ4n) is 4.94. The van der Waals surface area contributed by atoms with E-state index in [2.05, 4.69) is 39.2 Å². The number of hydrogen-bond donors (Lipinski definition) is 2. The summed E-state index contributed by atoms with van der Waals surface area (Å²) >= 11 is 0. The molecule has 1 atom stereocenters. The summed E-state index contributed by atoms with van der Waals surface area (Å²) in [4.78, 5) is 24.6. The summed E-state index contributed by atoms with van der Waals surface area (Å²) in [5.41, 5.74) is 5.05. The average Bonchev–Trinajstić information content (AvgIpc) is 3.22. The van der Waals surface area contributed by atoms with Crippen LogP contribution in [0.3, 0.4) is 0 Å². The summed E-state index contributed by atoms with van der Waals surface area (Å²) in [5, 5.41) is 18.3. The number of hydrogen-bond acceptors (Lipinski definition) is 4. The Morgan fingerprint density at radius 3 is 2.72 bits per heavy atom. The summed E-state index contributed by atoms with van der Waals surface area (Å²) in [5.74, 6) is -0.707. The third-order valence-electron chi connectivity index (χ3n) is 6.54. The molecule has 2 aromatic heterocycles. The lowest BCUT2D eigenvalue weighted by Gasteiger charge is -2.28. The SMILES string of the molecule is Cc1cc(Cn2c3c(c4ccccc42)CCNC3C(=O)CCC(C)(C)CC(=O)O)n(C)n1. The van der Waals surface area contributed by atoms with E-state index in [1.165, 1.54) is 10.9 Å². The van der Waals surface area contributed by atoms with E-state index in [4.69, 9.17) is 5.11 Å². The maximum Gasteiger partial charge on any atom is 0.303 e. The number of carboxylic acid groups (broad SMARTS) is 1. The van der Waals surface area contributed by atoms with Crippen molar-refractivity contribution in [2.75, 3.05) is 6.54 Å². The molecule has 0 saturated heterocycles. The van der Waals surface area contributed by atoms with Crippen LogP contribution in [0.4, 0.5) is 0 Å². The van der Waals surface area contributed by atoms with Crippen LogP contribution >= 0.6 is 0 Å². The van der Waals surface area contributed by atoms with E-state index >= 15 is 0 Å². The van der Waals surface area contributed by atoms with E-state index in [1.54, 1.807) is 0 Å². The molecule has 7 heteroatoms. The molecule has 170 valence electrons. The maximum absolute atomic E-state index is 13.4. The molecule has 4 rings (SSSR count). The molecule has 2 N–H and O–H groups in total. The predicted molar refractivity (Wildman–Crippen MR) is 124 cm³/mol. The van der Waals surface area contributed by atoms with Crippen molar-refractivity contribution in [1.29, 1.82) is 0 Å². The number of aryl methyl sites for hydroxylation is 2. The average molecular weight is 437 g/mol. The molecule has 0 fully saturated rings. The fraction of sp³-hybridized carbons (Fsp3) is 0.480. The van der Waals surface area contributed by atoms with Crippen LogP contribution in [0.5, 0.6) is 0 Å². The molecular formula is C25H32N4O3. The molecule has 0 saturated carbocycles. The van der Waals surface area contributed by atoms with Crippen LogP contribution in [-0.4, -0.2) is 37.8 Å². The Kier molecular flexibility index (Phi) is 5.95. The van der Waals surface area contributed by atoms with E-state index in [9.17, 15) is 9.59 Å². The Labute approximate surface area is 188 Å². The van der Waals surface area contributed by atoms with Gasteiger partial charge in [0, 0.05) is 36.6 Å². The number of carboxylic acids is 1. The number of nitrogens with zero attached hydrogens (tertiary/aromatic N) is 3. The first-order valence-electron chi connectivity index (χ1n) is 11.2. The smallest absolute Gasteiger partial charge is 0.303 e. The lowest BCUT2D eigenvalue weighted by Crippen LogP contribution is -2.37. The predicted octanol–water partition coefficient (Wildman–Crippen LogP) is 3.77. The summed E-state index contributed by atoms with van der Waals surface area (Å²) in [7, 11) is 1.95. The highest BCUT2D eigenvalue weighted by Gasteiger charge is 2.33. The number of nitrogens with one attached hydrogen (secondary N) is 1. The molecule has 0 aliphatic carbocycles. The Hall–Kier alpha value is -2.93. The monoisotopic (exact) mass is 436 g/mol. The second-order valence-electron chi connectivity index (χ2n) is 9.71. The zero-order valence-electron chi connectivity index (χ0n) is 19.3. The zero-order chi connectivity index (χ0) is 23.0. The summed E-state index contributed by atoms with van der Waals surface area (Å²) in [6.07, 6.45) is 1.84. The zero-order valence-corrected chi connectivity index (χ0v) is 19.3. The van der Waals surface area contributed by atoms with E-state index in [-0.39, 0.29) is 18.2 Å². The van der Waals surface area contributed by atoms with Gasteiger partial charge in [-0.2, -0.15) is 5.10 Å². The number of carbonyl (C=O) groups excluding carboxylic acids is 1. The van der Waals surface area contributed by atoms with Crippen LogP contribution in [-0.2, 0) is 29.6 Å². The van der Waals surface area contributed by atoms with Crippen LogP contribution < -0.4 is 5.32 Å². The number of Topliss-reactive ketones (excluding diaryl/α,β-unsaturated/α-hetero) is 1. The molecule has 3 aromatic rings. The highest BCUT2D eigenvalue weighted by atomic mass is 16.4. The van der Waals surface area contributed by atoms with Crippen molar-refractivity contribution in [3.63, 3.8) is 0 Å². The summed E-state index contributed by atoms with van der Waals surface area (Å²) in [6.45, 7) is 7.20. The third-order valence-corrected chi connectivity index (χ3v) is 6.54. The van der Waals surface area contributed by atoms with Crippen molar-refractivity contribution in [1.82, 2.24) is 19.7 Å². The van der Waals surface area contributed by atoms with Crippen molar-refractivity contribution in [2.45, 2.75) is 59.0 Å². The number of ketones is 1. The van der Waals surface area contributed by atoms with Gasteiger partial charge in [0.2, 0.25) is 0 Å². The fourth-order valence-corrected chi connectivity index (χ4v) is 4.94. The number of aliphatic carboxylic acids is 1. The highest BCUT2D eigenvalue weighted by Crippen LogP contribution is 2.36. The van der Waals surface area contributed by atoms with Crippen LogP contribution in [0.25, 0.3) is 10.9 Å². The first kappa shape index (κ1) is 22.3. The molecular weight excluding hydrogens is 404 g/mol. The van der Waals surface area contributed by atoms with Crippen LogP contribution in [0.1, 0.15) is 61.8 Å². The van der Waals surface area contributed by atoms with Gasteiger partial charge in [-0.05, 0) is 42.9 Å². The van der Waals surface area contributed by atoms with Gasteiger partial charge in [0.1, 0.15) is 6.04 Å². The first-order chi connectivity index (χ1) is 15.2. The molecule has 1 aromatic carbocycles. The Morgan fingerprint density at radius 1 is 1.28 bits per heavy atom. The van der Waals surface area contributed by atoms with Gasteiger partial charge in [0.05, 0.1) is 24.4 Å². The van der Waals surface area contributed by atoms with E-state index in [1.807, 2.05) is 38.6 Å². The molecule has 7 nitrogen and oxygen atoms in total. The first-order valence-corrected chi connectivity index (χ1v) is 11.2. The van der Waals surface area contributed by atoms with Gasteiger partial charge in [-0.15, -0.1) is 0 Å². The second kappa shape index (κ2) is 8.54. The second-order valence-corrected chi connectivity index (χ2v) is 9.71. The van der Waals surface area contributed by atoms with Crippen molar-refractivity contribution < 1.29 is 14.7 Å². The minimum atomic E-state index is -0.827. The lowest BCUT2D eigenvalue weighted by molar-refractivity contribution is -0.139. The molecule has 0 bridgehead atoms. The van der Waals surface area contributed by atoms with Crippen molar-refractivity contribution >= 4 is 22.7 Å². The van der Waals surface area contributed by atoms with E-state index < -0.39 is 11.4 Å². The largest absolute Gasteiger partial charge is 0.481 e. The van der Waals surface area contributed by atoms with Crippen molar-refractivity contribution in [2.24, 2.45) is 12.5 Å². The van der Waals surface area contributed by atoms with Crippen LogP contribution in [0.15, 0.2) is 30.3 Å². The minimum absolute atomic E-state index is 0.0593. The van der Waals surface area contributed by atoms with Gasteiger partial charge < -0.3 is 15.0 Å². The summed E-state index contributed by atoms with van der Waals surface area (Å²) < 4.78 is 4.16. The third kappa shape index (κ3) is 4.35. The molecule has 3 heterocycles. The van der Waals surface area contributed by atoms with Crippen molar-refractivity contribution in [3.05, 3.63) is 53.0 Å². The molecule has 1 aliphatic rings. The number of carbonyl (C=O) groups is 2. The van der Waals surface area contributed by atoms with E-state index in [0.29, 0.717) is 19.4 Å². The van der Waals surface area contributed by atoms with Gasteiger partial charge in [-0.3, -0.25) is 14.3 Å². The molecule has 1 unspecified atom stereocenters. The van der Waals surface area contributed by atoms with Gasteiger partial charge in [0.25, 0.3) is 0 Å². The lowest BCUT2D eigenvalue weighted by atomic mass is 9.82. The molecule has 0 radical (unpaired) electrons. The summed E-state index contributed by atoms with van der Waals surface area (Å²) in [6, 6.07) is 10.0. The van der Waals surface area contributed by atoms with Gasteiger partial charge in [-0.1, -0.05) is 32.0 Å². The van der Waals surface area contributed by atoms with Gasteiger partial charge in [-0.25, -0.2) is 0 Å². The van der Waals surface area contributed by atoms with Gasteiger partial charge >= 0.3 is 5.97 Å². The number of aromatic nitrogens is 3. The number of para-hydroxylation sites is 1. The molecule has 0 amide bonds. The van der Waals surface area contributed by atoms with Gasteiger partial charge in [0.15, 0.2) is 5.78 Å². The molecule has 0 spiro atoms. The quantitative estimate of drug-likeness (QED) is 0.561. The Bertz CT molecular complexity index is 1170. The molecule has 1 aliphatic heterocycles. The van der Waals surface area contributed by atoms with Crippen LogP contribution in [0.2, 0.25) is 0 Å². The van der Waals surface area contributed by atoms with Crippen molar-refractivity contribution in [3.8, 4) is 0 Å². The standard InChI is InChI=1S/C25H32N4O3/c1-16-13-17(28(4)27-16)15-29-20-8-6-5-7-18(20)19-10-12-26-23(24(19)29)21(30)9-11-25(2,3)14-22(31)32/h5-8,13,23,26H,9-12,14-15H2,1-4H3,(H,31,32). The molecule has 32 heavy (non-hydrogen) atoms. The Balaban J connectivity index is 1.70. The highest BCUT2D eigenvalue weighted by molar-refractivity contribution is 5.92. The van der Waals surface area contributed by atoms with Crippen LogP contribution in [0, 0.1) is 12.3 Å². The normalized spacial score (nSPS) is 16.3. The minimum Gasteiger partial charge on any atom is -0.481 e. The van der Waals surface area contributed by atoms with E-state index in [0.717, 1.165) is 35.6 Å².